The lowest BCUT2D eigenvalue weighted by atomic mass is 10.2. The molecule has 0 radical (unpaired) electrons. The van der Waals surface area contributed by atoms with Gasteiger partial charge in [0.25, 0.3) is 17.3 Å². The van der Waals surface area contributed by atoms with Crippen molar-refractivity contribution in [1.29, 1.82) is 0 Å². The molecule has 0 atom stereocenters. The largest absolute Gasteiger partial charge is 0.472 e. The number of nitrogens with zero attached hydrogens (tertiary/aromatic N) is 3. The molecule has 0 saturated carbocycles. The van der Waals surface area contributed by atoms with Gasteiger partial charge in [0, 0.05) is 0 Å². The second-order valence-electron chi connectivity index (χ2n) is 4.69. The summed E-state index contributed by atoms with van der Waals surface area (Å²) in [5.41, 5.74) is 0.625. The number of fused-ring (bicyclic) bond motifs is 1. The van der Waals surface area contributed by atoms with E-state index in [2.05, 4.69) is 30.2 Å². The SMILES string of the molecule is Cc1nonc1OCCNC(=O)c1nc2ccccc2c(=O)[nH]1. The summed E-state index contributed by atoms with van der Waals surface area (Å²) in [5, 5.41) is 10.2. The predicted octanol–water partition coefficient (Wildman–Crippen LogP) is 0.423. The number of carbonyl (C=O) groups excluding carboxylic acids is 1. The summed E-state index contributed by atoms with van der Waals surface area (Å²) in [6.07, 6.45) is 0. The number of ether oxygens (including phenoxy) is 1. The average molecular weight is 315 g/mol. The average Bonchev–Trinajstić information content (AvgIpc) is 2.96. The molecule has 2 N–H and O–H groups in total. The van der Waals surface area contributed by atoms with Crippen LogP contribution in [0, 0.1) is 6.92 Å². The number of aromatic amines is 1. The van der Waals surface area contributed by atoms with Gasteiger partial charge in [0.05, 0.1) is 17.4 Å². The lowest BCUT2D eigenvalue weighted by Crippen LogP contribution is -2.31. The van der Waals surface area contributed by atoms with E-state index in [0.717, 1.165) is 0 Å². The molecule has 0 fully saturated rings. The molecule has 9 heteroatoms. The van der Waals surface area contributed by atoms with E-state index in [0.29, 0.717) is 16.6 Å². The first-order valence-electron chi connectivity index (χ1n) is 6.84. The molecule has 0 unspecified atom stereocenters. The first kappa shape index (κ1) is 14.7. The number of H-pyrrole nitrogens is 1. The van der Waals surface area contributed by atoms with Crippen molar-refractivity contribution in [2.45, 2.75) is 6.92 Å². The Morgan fingerprint density at radius 3 is 2.96 bits per heavy atom. The van der Waals surface area contributed by atoms with Gasteiger partial charge in [-0.15, -0.1) is 0 Å². The topological polar surface area (TPSA) is 123 Å². The molecular formula is C14H13N5O4. The second-order valence-corrected chi connectivity index (χ2v) is 4.69. The molecule has 0 aliphatic rings. The number of rotatable bonds is 5. The maximum atomic E-state index is 12.0. The van der Waals surface area contributed by atoms with E-state index in [1.54, 1.807) is 31.2 Å². The molecule has 3 rings (SSSR count). The molecule has 0 bridgehead atoms. The fourth-order valence-electron chi connectivity index (χ4n) is 1.94. The van der Waals surface area contributed by atoms with Crippen LogP contribution >= 0.6 is 0 Å². The molecule has 0 spiro atoms. The molecule has 2 aromatic heterocycles. The molecule has 0 aliphatic carbocycles. The van der Waals surface area contributed by atoms with Crippen LogP contribution in [0.1, 0.15) is 16.3 Å². The van der Waals surface area contributed by atoms with Crippen molar-refractivity contribution in [2.75, 3.05) is 13.2 Å². The van der Waals surface area contributed by atoms with Crippen molar-refractivity contribution < 1.29 is 14.2 Å². The normalized spacial score (nSPS) is 10.7. The zero-order valence-corrected chi connectivity index (χ0v) is 12.2. The van der Waals surface area contributed by atoms with Crippen molar-refractivity contribution >= 4 is 16.8 Å². The van der Waals surface area contributed by atoms with Crippen LogP contribution < -0.4 is 15.6 Å². The Hall–Kier alpha value is -3.23. The number of amides is 1. The second kappa shape index (κ2) is 6.26. The summed E-state index contributed by atoms with van der Waals surface area (Å²) in [4.78, 5) is 30.5. The number of carbonyl (C=O) groups is 1. The molecule has 0 aliphatic heterocycles. The quantitative estimate of drug-likeness (QED) is 0.654. The van der Waals surface area contributed by atoms with Gasteiger partial charge in [0.15, 0.2) is 5.82 Å². The van der Waals surface area contributed by atoms with Crippen LogP contribution in [0.2, 0.25) is 0 Å². The van der Waals surface area contributed by atoms with Gasteiger partial charge < -0.3 is 15.0 Å². The highest BCUT2D eigenvalue weighted by Crippen LogP contribution is 2.09. The van der Waals surface area contributed by atoms with Crippen LogP contribution in [0.3, 0.4) is 0 Å². The van der Waals surface area contributed by atoms with Gasteiger partial charge in [0.2, 0.25) is 0 Å². The Morgan fingerprint density at radius 2 is 2.17 bits per heavy atom. The number of nitrogens with one attached hydrogen (secondary N) is 2. The minimum Gasteiger partial charge on any atom is -0.472 e. The van der Waals surface area contributed by atoms with Crippen molar-refractivity contribution in [1.82, 2.24) is 25.6 Å². The lowest BCUT2D eigenvalue weighted by molar-refractivity contribution is 0.0936. The van der Waals surface area contributed by atoms with Gasteiger partial charge >= 0.3 is 0 Å². The van der Waals surface area contributed by atoms with Crippen molar-refractivity contribution in [3.63, 3.8) is 0 Å². The predicted molar refractivity (Wildman–Crippen MR) is 79.2 cm³/mol. The standard InChI is InChI=1S/C14H13N5O4/c1-8-14(19-23-18-8)22-7-6-15-13(21)11-16-10-5-3-2-4-9(10)12(20)17-11/h2-5H,6-7H2,1H3,(H,15,21)(H,16,17,20). The summed E-state index contributed by atoms with van der Waals surface area (Å²) >= 11 is 0. The Balaban J connectivity index is 1.62. The molecule has 1 amide bonds. The summed E-state index contributed by atoms with van der Waals surface area (Å²) in [6.45, 7) is 2.08. The number of benzene rings is 1. The minimum absolute atomic E-state index is 0.0482. The van der Waals surface area contributed by atoms with E-state index in [-0.39, 0.29) is 30.4 Å². The van der Waals surface area contributed by atoms with Crippen molar-refractivity contribution in [2.24, 2.45) is 0 Å². The molecule has 2 heterocycles. The highest BCUT2D eigenvalue weighted by molar-refractivity contribution is 5.92. The van der Waals surface area contributed by atoms with Gasteiger partial charge in [-0.2, -0.15) is 0 Å². The Kier molecular flexibility index (Phi) is 4.00. The van der Waals surface area contributed by atoms with Crippen LogP contribution in [0.15, 0.2) is 33.7 Å². The van der Waals surface area contributed by atoms with Crippen LogP contribution in [0.25, 0.3) is 10.9 Å². The summed E-state index contributed by atoms with van der Waals surface area (Å²) in [7, 11) is 0. The summed E-state index contributed by atoms with van der Waals surface area (Å²) < 4.78 is 9.77. The third-order valence-corrected chi connectivity index (χ3v) is 3.07. The van der Waals surface area contributed by atoms with Gasteiger partial charge in [0.1, 0.15) is 12.3 Å². The Morgan fingerprint density at radius 1 is 1.35 bits per heavy atom. The number of hydrogen-bond donors (Lipinski definition) is 2. The fraction of sp³-hybridized carbons (Fsp3) is 0.214. The highest BCUT2D eigenvalue weighted by atomic mass is 16.6. The van der Waals surface area contributed by atoms with E-state index in [1.807, 2.05) is 0 Å². The number of para-hydroxylation sites is 1. The van der Waals surface area contributed by atoms with Crippen LogP contribution in [0.4, 0.5) is 0 Å². The third kappa shape index (κ3) is 3.18. The van der Waals surface area contributed by atoms with E-state index in [9.17, 15) is 9.59 Å². The number of hydrogen-bond acceptors (Lipinski definition) is 7. The van der Waals surface area contributed by atoms with E-state index in [4.69, 9.17) is 4.74 Å². The highest BCUT2D eigenvalue weighted by Gasteiger charge is 2.11. The van der Waals surface area contributed by atoms with Gasteiger partial charge in [-0.05, 0) is 24.2 Å². The molecular weight excluding hydrogens is 302 g/mol. The molecule has 9 nitrogen and oxygen atoms in total. The minimum atomic E-state index is -0.494. The molecule has 3 aromatic rings. The summed E-state index contributed by atoms with van der Waals surface area (Å²) in [6, 6.07) is 6.80. The molecule has 1 aromatic carbocycles. The number of aromatic nitrogens is 4. The van der Waals surface area contributed by atoms with Crippen LogP contribution in [-0.2, 0) is 0 Å². The van der Waals surface area contributed by atoms with Gasteiger partial charge in [-0.1, -0.05) is 17.3 Å². The van der Waals surface area contributed by atoms with Gasteiger partial charge in [-0.3, -0.25) is 9.59 Å². The lowest BCUT2D eigenvalue weighted by Gasteiger charge is -2.06. The smallest absolute Gasteiger partial charge is 0.287 e. The zero-order chi connectivity index (χ0) is 16.2. The van der Waals surface area contributed by atoms with Crippen LogP contribution in [0.5, 0.6) is 5.88 Å². The Labute approximate surface area is 129 Å². The molecule has 23 heavy (non-hydrogen) atoms. The van der Waals surface area contributed by atoms with E-state index >= 15 is 0 Å². The maximum absolute atomic E-state index is 12.0. The van der Waals surface area contributed by atoms with E-state index < -0.39 is 5.91 Å². The fourth-order valence-corrected chi connectivity index (χ4v) is 1.94. The first-order valence-corrected chi connectivity index (χ1v) is 6.84. The molecule has 118 valence electrons. The van der Waals surface area contributed by atoms with Crippen molar-refractivity contribution in [3.8, 4) is 5.88 Å². The van der Waals surface area contributed by atoms with Crippen molar-refractivity contribution in [3.05, 3.63) is 46.1 Å². The number of aryl methyl sites for hydroxylation is 1. The third-order valence-electron chi connectivity index (χ3n) is 3.07. The first-order chi connectivity index (χ1) is 11.1. The monoisotopic (exact) mass is 315 g/mol. The summed E-state index contributed by atoms with van der Waals surface area (Å²) in [5.74, 6) is -0.268. The zero-order valence-electron chi connectivity index (χ0n) is 12.2. The van der Waals surface area contributed by atoms with Crippen LogP contribution in [-0.4, -0.2) is 39.3 Å². The van der Waals surface area contributed by atoms with E-state index in [1.165, 1.54) is 0 Å². The van der Waals surface area contributed by atoms with Gasteiger partial charge in [-0.25, -0.2) is 9.61 Å². The molecule has 0 saturated heterocycles. The Bertz CT molecular complexity index is 901. The maximum Gasteiger partial charge on any atom is 0.287 e.